The van der Waals surface area contributed by atoms with Gasteiger partial charge in [-0.15, -0.1) is 0 Å². The topological polar surface area (TPSA) is 6.48 Å². The molecule has 3 aliphatic rings. The van der Waals surface area contributed by atoms with Crippen molar-refractivity contribution in [2.45, 2.75) is 89.4 Å². The highest BCUT2D eigenvalue weighted by molar-refractivity contribution is 4.96. The number of hydrogen-bond donors (Lipinski definition) is 0. The minimum absolute atomic E-state index is 0.829. The number of hydrogen-bond acceptors (Lipinski definition) is 2. The van der Waals surface area contributed by atoms with E-state index < -0.39 is 0 Å². The first-order valence-corrected chi connectivity index (χ1v) is 8.41. The van der Waals surface area contributed by atoms with Crippen LogP contribution in [0.5, 0.6) is 0 Å². The van der Waals surface area contributed by atoms with Gasteiger partial charge < -0.3 is 0 Å². The first kappa shape index (κ1) is 12.9. The molecule has 0 radical (unpaired) electrons. The molecule has 0 aromatic carbocycles. The average molecular weight is 250 g/mol. The SMILES string of the molecule is CCCCC[C@H]1CC2CCCCN2C2CCCN21. The third-order valence-corrected chi connectivity index (χ3v) is 5.47. The van der Waals surface area contributed by atoms with Crippen LogP contribution < -0.4 is 0 Å². The summed E-state index contributed by atoms with van der Waals surface area (Å²) in [7, 11) is 0. The summed E-state index contributed by atoms with van der Waals surface area (Å²) in [6.07, 6.45) is 15.3. The third kappa shape index (κ3) is 2.46. The second-order valence-corrected chi connectivity index (χ2v) is 6.63. The standard InChI is InChI=1S/C16H30N2/c1-2-3-4-8-14-13-15-9-5-6-11-17(15)16-10-7-12-18(14)16/h14-16H,2-13H2,1H3/t14-,15?,16?/m0/s1. The largest absolute Gasteiger partial charge is 0.285 e. The Kier molecular flexibility index (Phi) is 4.25. The van der Waals surface area contributed by atoms with Crippen molar-refractivity contribution >= 4 is 0 Å². The Morgan fingerprint density at radius 3 is 2.72 bits per heavy atom. The molecule has 2 unspecified atom stereocenters. The van der Waals surface area contributed by atoms with Crippen molar-refractivity contribution in [2.24, 2.45) is 0 Å². The smallest absolute Gasteiger partial charge is 0.0627 e. The summed E-state index contributed by atoms with van der Waals surface area (Å²) in [6, 6.07) is 1.85. The van der Waals surface area contributed by atoms with Gasteiger partial charge in [0.15, 0.2) is 0 Å². The van der Waals surface area contributed by atoms with Gasteiger partial charge in [0.05, 0.1) is 6.17 Å². The molecule has 104 valence electrons. The molecule has 2 nitrogen and oxygen atoms in total. The van der Waals surface area contributed by atoms with Crippen LogP contribution in [0.3, 0.4) is 0 Å². The summed E-state index contributed by atoms with van der Waals surface area (Å²) in [6.45, 7) is 5.08. The zero-order chi connectivity index (χ0) is 12.4. The van der Waals surface area contributed by atoms with Crippen LogP contribution in [0.25, 0.3) is 0 Å². The zero-order valence-electron chi connectivity index (χ0n) is 12.1. The highest BCUT2D eigenvalue weighted by Gasteiger charge is 2.43. The van der Waals surface area contributed by atoms with Gasteiger partial charge in [-0.3, -0.25) is 9.80 Å². The maximum atomic E-state index is 2.87. The summed E-state index contributed by atoms with van der Waals surface area (Å²) in [5, 5.41) is 0. The molecule has 0 bridgehead atoms. The van der Waals surface area contributed by atoms with Gasteiger partial charge in [-0.05, 0) is 45.1 Å². The van der Waals surface area contributed by atoms with E-state index in [1.807, 2.05) is 0 Å². The predicted molar refractivity (Wildman–Crippen MR) is 76.6 cm³/mol. The number of unbranched alkanes of at least 4 members (excludes halogenated alkanes) is 2. The fourth-order valence-electron chi connectivity index (χ4n) is 4.58. The van der Waals surface area contributed by atoms with E-state index in [1.54, 1.807) is 0 Å². The van der Waals surface area contributed by atoms with Crippen molar-refractivity contribution in [3.05, 3.63) is 0 Å². The Morgan fingerprint density at radius 2 is 1.83 bits per heavy atom. The molecule has 3 aliphatic heterocycles. The van der Waals surface area contributed by atoms with E-state index in [1.165, 1.54) is 77.3 Å². The quantitative estimate of drug-likeness (QED) is 0.703. The predicted octanol–water partition coefficient (Wildman–Crippen LogP) is 3.62. The third-order valence-electron chi connectivity index (χ3n) is 5.47. The Labute approximate surface area is 113 Å². The highest BCUT2D eigenvalue weighted by atomic mass is 15.4. The summed E-state index contributed by atoms with van der Waals surface area (Å²) in [4.78, 5) is 5.74. The van der Waals surface area contributed by atoms with Gasteiger partial charge in [0.2, 0.25) is 0 Å². The fourth-order valence-corrected chi connectivity index (χ4v) is 4.58. The second kappa shape index (κ2) is 5.92. The molecule has 3 saturated heterocycles. The lowest BCUT2D eigenvalue weighted by Gasteiger charge is -2.51. The van der Waals surface area contributed by atoms with Crippen molar-refractivity contribution in [1.82, 2.24) is 9.80 Å². The van der Waals surface area contributed by atoms with Crippen molar-refractivity contribution in [2.75, 3.05) is 13.1 Å². The molecule has 0 aromatic rings. The molecule has 0 saturated carbocycles. The minimum Gasteiger partial charge on any atom is -0.285 e. The van der Waals surface area contributed by atoms with Crippen molar-refractivity contribution in [1.29, 1.82) is 0 Å². The van der Waals surface area contributed by atoms with E-state index in [2.05, 4.69) is 16.7 Å². The molecule has 3 heterocycles. The molecule has 2 heteroatoms. The maximum absolute atomic E-state index is 2.87. The Balaban J connectivity index is 1.64. The maximum Gasteiger partial charge on any atom is 0.0627 e. The monoisotopic (exact) mass is 250 g/mol. The number of piperidine rings is 1. The van der Waals surface area contributed by atoms with Gasteiger partial charge in [0.1, 0.15) is 0 Å². The van der Waals surface area contributed by atoms with Crippen LogP contribution in [0.15, 0.2) is 0 Å². The van der Waals surface area contributed by atoms with Gasteiger partial charge in [-0.2, -0.15) is 0 Å². The summed E-state index contributed by atoms with van der Waals surface area (Å²) >= 11 is 0. The van der Waals surface area contributed by atoms with Gasteiger partial charge in [0.25, 0.3) is 0 Å². The van der Waals surface area contributed by atoms with Crippen molar-refractivity contribution in [3.8, 4) is 0 Å². The van der Waals surface area contributed by atoms with Gasteiger partial charge in [-0.1, -0.05) is 32.6 Å². The minimum atomic E-state index is 0.829. The molecule has 0 N–H and O–H groups in total. The van der Waals surface area contributed by atoms with Crippen molar-refractivity contribution < 1.29 is 0 Å². The van der Waals surface area contributed by atoms with Crippen LogP contribution in [0.2, 0.25) is 0 Å². The van der Waals surface area contributed by atoms with Gasteiger partial charge in [0, 0.05) is 18.6 Å². The molecule has 0 aromatic heterocycles. The lowest BCUT2D eigenvalue weighted by Crippen LogP contribution is -2.60. The van der Waals surface area contributed by atoms with E-state index in [4.69, 9.17) is 0 Å². The van der Waals surface area contributed by atoms with Crippen LogP contribution in [0.4, 0.5) is 0 Å². The Hall–Kier alpha value is -0.0800. The van der Waals surface area contributed by atoms with Crippen LogP contribution >= 0.6 is 0 Å². The van der Waals surface area contributed by atoms with E-state index in [0.717, 1.165) is 18.2 Å². The van der Waals surface area contributed by atoms with Crippen LogP contribution in [0, 0.1) is 0 Å². The van der Waals surface area contributed by atoms with E-state index in [-0.39, 0.29) is 0 Å². The number of nitrogens with zero attached hydrogens (tertiary/aromatic N) is 2. The van der Waals surface area contributed by atoms with Crippen LogP contribution in [-0.4, -0.2) is 41.1 Å². The molecule has 0 aliphatic carbocycles. The lowest BCUT2D eigenvalue weighted by molar-refractivity contribution is -0.0611. The van der Waals surface area contributed by atoms with Crippen LogP contribution in [0.1, 0.15) is 71.1 Å². The lowest BCUT2D eigenvalue weighted by atomic mass is 9.89. The highest BCUT2D eigenvalue weighted by Crippen LogP contribution is 2.38. The molecule has 3 fully saturated rings. The molecule has 3 rings (SSSR count). The molecule has 3 atom stereocenters. The first-order chi connectivity index (χ1) is 8.90. The van der Waals surface area contributed by atoms with E-state index in [0.29, 0.717) is 0 Å². The van der Waals surface area contributed by atoms with Crippen molar-refractivity contribution in [3.63, 3.8) is 0 Å². The molecule has 0 amide bonds. The van der Waals surface area contributed by atoms with Gasteiger partial charge >= 0.3 is 0 Å². The summed E-state index contributed by atoms with van der Waals surface area (Å²) in [5.41, 5.74) is 0. The Bertz CT molecular complexity index is 266. The molecular weight excluding hydrogens is 220 g/mol. The molecular formula is C16H30N2. The number of rotatable bonds is 4. The average Bonchev–Trinajstić information content (AvgIpc) is 2.89. The van der Waals surface area contributed by atoms with Crippen LogP contribution in [-0.2, 0) is 0 Å². The second-order valence-electron chi connectivity index (χ2n) is 6.63. The summed E-state index contributed by atoms with van der Waals surface area (Å²) in [5.74, 6) is 0. The molecule has 18 heavy (non-hydrogen) atoms. The Morgan fingerprint density at radius 1 is 0.944 bits per heavy atom. The summed E-state index contributed by atoms with van der Waals surface area (Å²) < 4.78 is 0. The molecule has 0 spiro atoms. The van der Waals surface area contributed by atoms with Gasteiger partial charge in [-0.25, -0.2) is 0 Å². The van der Waals surface area contributed by atoms with E-state index >= 15 is 0 Å². The number of fused-ring (bicyclic) bond motifs is 3. The fraction of sp³-hybridized carbons (Fsp3) is 1.00. The van der Waals surface area contributed by atoms with E-state index in [9.17, 15) is 0 Å². The zero-order valence-corrected chi connectivity index (χ0v) is 12.1. The first-order valence-electron chi connectivity index (χ1n) is 8.41. The normalized spacial score (nSPS) is 37.5.